The average Bonchev–Trinajstić information content (AvgIpc) is 2.76. The fourth-order valence-corrected chi connectivity index (χ4v) is 4.51. The van der Waals surface area contributed by atoms with E-state index in [9.17, 15) is 23.1 Å². The summed E-state index contributed by atoms with van der Waals surface area (Å²) in [4.78, 5) is 28.4. The zero-order chi connectivity index (χ0) is 22.9. The van der Waals surface area contributed by atoms with Gasteiger partial charge in [0, 0.05) is 13.1 Å². The van der Waals surface area contributed by atoms with Gasteiger partial charge in [0.25, 0.3) is 20.9 Å². The lowest BCUT2D eigenvalue weighted by Gasteiger charge is -2.21. The number of phenolic OH excluding ortho intramolecular Hbond substituents is 1. The second-order valence-corrected chi connectivity index (χ2v) is 8.96. The molecule has 0 amide bonds. The lowest BCUT2D eigenvalue weighted by atomic mass is 10.1. The summed E-state index contributed by atoms with van der Waals surface area (Å²) in [5.41, 5.74) is -0.786. The van der Waals surface area contributed by atoms with E-state index in [2.05, 4.69) is 10.6 Å². The largest absolute Gasteiger partial charge is 0.504 e. The number of halogens is 1. The summed E-state index contributed by atoms with van der Waals surface area (Å²) in [5.74, 6) is -0.716. The maximum Gasteiger partial charge on any atom is 0.269 e. The molecule has 1 atom stereocenters. The Morgan fingerprint density at radius 2 is 1.68 bits per heavy atom. The van der Waals surface area contributed by atoms with Crippen molar-refractivity contribution in [3.63, 3.8) is 0 Å². The Balaban J connectivity index is 1.96. The number of hydrogen-bond acceptors (Lipinski definition) is 8. The Kier molecular flexibility index (Phi) is 6.37. The summed E-state index contributed by atoms with van der Waals surface area (Å²) in [6.07, 6.45) is 0. The van der Waals surface area contributed by atoms with Crippen molar-refractivity contribution in [1.82, 2.24) is 4.47 Å². The zero-order valence-electron chi connectivity index (χ0n) is 16.8. The summed E-state index contributed by atoms with van der Waals surface area (Å²) in [6, 6.07) is 11.5. The van der Waals surface area contributed by atoms with Gasteiger partial charge in [-0.05, 0) is 24.6 Å². The van der Waals surface area contributed by atoms with Crippen LogP contribution in [0, 0.1) is 0 Å². The molecule has 11 heteroatoms. The van der Waals surface area contributed by atoms with Crippen molar-refractivity contribution in [2.75, 3.05) is 24.8 Å². The predicted molar refractivity (Wildman–Crippen MR) is 118 cm³/mol. The van der Waals surface area contributed by atoms with Crippen LogP contribution in [0.4, 0.5) is 17.1 Å². The average molecular weight is 466 g/mol. The van der Waals surface area contributed by atoms with E-state index < -0.39 is 31.5 Å². The molecule has 0 aromatic heterocycles. The molecular formula is C20H20ClN3O6S. The van der Waals surface area contributed by atoms with Crippen LogP contribution in [0.25, 0.3) is 0 Å². The second kappa shape index (κ2) is 8.67. The Labute approximate surface area is 183 Å². The summed E-state index contributed by atoms with van der Waals surface area (Å²) < 4.78 is 25.7. The van der Waals surface area contributed by atoms with Crippen molar-refractivity contribution in [3.8, 4) is 5.75 Å². The van der Waals surface area contributed by atoms with E-state index in [1.165, 1.54) is 12.1 Å². The molecule has 0 aliphatic carbocycles. The Morgan fingerprint density at radius 1 is 1.06 bits per heavy atom. The van der Waals surface area contributed by atoms with Crippen molar-refractivity contribution in [2.24, 2.45) is 0 Å². The van der Waals surface area contributed by atoms with Crippen LogP contribution >= 0.6 is 11.6 Å². The lowest BCUT2D eigenvalue weighted by molar-refractivity contribution is -0.0259. The molecular weight excluding hydrogens is 446 g/mol. The van der Waals surface area contributed by atoms with Crippen LogP contribution < -0.4 is 21.5 Å². The molecule has 3 N–H and O–H groups in total. The van der Waals surface area contributed by atoms with Crippen molar-refractivity contribution in [1.29, 1.82) is 0 Å². The first-order valence-corrected chi connectivity index (χ1v) is 10.9. The van der Waals surface area contributed by atoms with E-state index >= 15 is 0 Å². The molecule has 0 fully saturated rings. The van der Waals surface area contributed by atoms with Crippen LogP contribution in [0.1, 0.15) is 18.5 Å². The van der Waals surface area contributed by atoms with Crippen LogP contribution in [0.2, 0.25) is 5.02 Å². The van der Waals surface area contributed by atoms with Gasteiger partial charge in [0.2, 0.25) is 0 Å². The third kappa shape index (κ3) is 4.15. The fraction of sp³-hybridized carbons (Fsp3) is 0.200. The molecule has 0 saturated heterocycles. The first kappa shape index (κ1) is 22.8. The smallest absolute Gasteiger partial charge is 0.269 e. The van der Waals surface area contributed by atoms with Gasteiger partial charge < -0.3 is 15.7 Å². The van der Waals surface area contributed by atoms with Crippen LogP contribution in [0.3, 0.4) is 0 Å². The quantitative estimate of drug-likeness (QED) is 0.263. The normalized spacial score (nSPS) is 12.8. The molecule has 0 bridgehead atoms. The molecule has 3 rings (SSSR count). The molecule has 0 saturated carbocycles. The minimum absolute atomic E-state index is 0.0362. The summed E-state index contributed by atoms with van der Waals surface area (Å²) in [5, 5.41) is 15.9. The van der Waals surface area contributed by atoms with Crippen LogP contribution in [0.15, 0.2) is 56.9 Å². The number of phenols is 1. The molecule has 1 unspecified atom stereocenters. The summed E-state index contributed by atoms with van der Waals surface area (Å²) >= 11 is 5.99. The molecule has 3 aromatic carbocycles. The minimum Gasteiger partial charge on any atom is -0.504 e. The number of benzene rings is 2. The third-order valence-electron chi connectivity index (χ3n) is 4.77. The molecule has 0 heterocycles. The highest BCUT2D eigenvalue weighted by Crippen LogP contribution is 2.40. The topological polar surface area (TPSA) is 125 Å². The minimum atomic E-state index is -4.28. The van der Waals surface area contributed by atoms with Gasteiger partial charge in [-0.25, -0.2) is 8.42 Å². The first-order chi connectivity index (χ1) is 14.6. The highest BCUT2D eigenvalue weighted by Gasteiger charge is 2.30. The van der Waals surface area contributed by atoms with E-state index in [1.807, 2.05) is 37.3 Å². The number of hydroxylamine groups is 1. The van der Waals surface area contributed by atoms with Gasteiger partial charge >= 0.3 is 0 Å². The predicted octanol–water partition coefficient (Wildman–Crippen LogP) is 2.74. The van der Waals surface area contributed by atoms with Gasteiger partial charge in [-0.1, -0.05) is 46.4 Å². The molecule has 0 spiro atoms. The van der Waals surface area contributed by atoms with Crippen molar-refractivity contribution in [3.05, 3.63) is 73.5 Å². The van der Waals surface area contributed by atoms with Crippen LogP contribution in [0.5, 0.6) is 5.75 Å². The number of aromatic hydroxyl groups is 1. The van der Waals surface area contributed by atoms with Crippen molar-refractivity contribution >= 4 is 38.7 Å². The van der Waals surface area contributed by atoms with Crippen molar-refractivity contribution in [2.45, 2.75) is 17.9 Å². The maximum atomic E-state index is 12.6. The third-order valence-corrected chi connectivity index (χ3v) is 6.95. The second-order valence-electron chi connectivity index (χ2n) is 6.68. The Morgan fingerprint density at radius 3 is 2.29 bits per heavy atom. The van der Waals surface area contributed by atoms with Crippen LogP contribution in [-0.2, 0) is 14.9 Å². The van der Waals surface area contributed by atoms with Gasteiger partial charge in [0.15, 0.2) is 5.75 Å². The highest BCUT2D eigenvalue weighted by atomic mass is 35.5. The van der Waals surface area contributed by atoms with Crippen molar-refractivity contribution < 1.29 is 18.4 Å². The zero-order valence-corrected chi connectivity index (χ0v) is 18.4. The number of rotatable bonds is 8. The number of hydrogen-bond donors (Lipinski definition) is 3. The molecule has 0 aliphatic rings. The van der Waals surface area contributed by atoms with E-state index in [1.54, 1.807) is 0 Å². The molecule has 0 radical (unpaired) electrons. The van der Waals surface area contributed by atoms with E-state index in [4.69, 9.17) is 16.4 Å². The molecule has 3 aromatic rings. The van der Waals surface area contributed by atoms with E-state index in [0.717, 1.165) is 19.7 Å². The molecule has 0 aliphatic heterocycles. The fourth-order valence-electron chi connectivity index (χ4n) is 2.94. The molecule has 9 nitrogen and oxygen atoms in total. The number of anilines is 3. The summed E-state index contributed by atoms with van der Waals surface area (Å²) in [7, 11) is -2.01. The number of nitrogens with one attached hydrogen (secondary N) is 2. The van der Waals surface area contributed by atoms with Gasteiger partial charge in [-0.2, -0.15) is 0 Å². The van der Waals surface area contributed by atoms with E-state index in [-0.39, 0.29) is 28.1 Å². The van der Waals surface area contributed by atoms with Gasteiger partial charge in [-0.15, -0.1) is 0 Å². The maximum absolute atomic E-state index is 12.6. The van der Waals surface area contributed by atoms with Gasteiger partial charge in [0.05, 0.1) is 17.8 Å². The van der Waals surface area contributed by atoms with Gasteiger partial charge in [0.1, 0.15) is 16.3 Å². The van der Waals surface area contributed by atoms with E-state index in [0.29, 0.717) is 4.47 Å². The standard InChI is InChI=1S/C20H20ClN3O6S/c1-11(12-7-5-4-6-8-12)22-15-16(19(27)18(15)26)23-14-10-9-13(21)20(17(14)25)31(28,29)24(2)30-3/h4-11,22-23,25H,1-3H3. The monoisotopic (exact) mass is 465 g/mol. The number of nitrogens with zero attached hydrogens (tertiary/aromatic N) is 1. The first-order valence-electron chi connectivity index (χ1n) is 9.05. The SMILES string of the molecule is CON(C)S(=O)(=O)c1c(Cl)ccc(Nc2c(NC(C)c3ccccc3)c(=O)c2=O)c1O. The molecule has 164 valence electrons. The lowest BCUT2D eigenvalue weighted by Crippen LogP contribution is -2.37. The number of sulfonamides is 1. The van der Waals surface area contributed by atoms with Gasteiger partial charge in [-0.3, -0.25) is 14.4 Å². The summed E-state index contributed by atoms with van der Waals surface area (Å²) in [6.45, 7) is 1.82. The highest BCUT2D eigenvalue weighted by molar-refractivity contribution is 7.89. The Hall–Kier alpha value is -2.92. The Bertz CT molecular complexity index is 1290. The van der Waals surface area contributed by atoms with Crippen LogP contribution in [-0.4, -0.2) is 32.2 Å². The molecule has 31 heavy (non-hydrogen) atoms.